The summed E-state index contributed by atoms with van der Waals surface area (Å²) in [7, 11) is 0. The second-order valence-electron chi connectivity index (χ2n) is 3.44. The normalized spacial score (nSPS) is 10.8. The Morgan fingerprint density at radius 1 is 1.59 bits per heavy atom. The number of hydrogen-bond donors (Lipinski definition) is 2. The van der Waals surface area contributed by atoms with E-state index in [2.05, 4.69) is 43.5 Å². The standard InChI is InChI=1S/C11H10BrIN2O2/c1-2-17-11(16)8-6-3-5(12)4-7(13)9(6)15-10(8)14/h3-4,15H,2,14H2,1H3. The zero-order chi connectivity index (χ0) is 12.6. The van der Waals surface area contributed by atoms with Crippen LogP contribution < -0.4 is 5.73 Å². The molecule has 0 amide bonds. The van der Waals surface area contributed by atoms with Crippen LogP contribution in [0.2, 0.25) is 0 Å². The topological polar surface area (TPSA) is 68.1 Å². The molecule has 0 bridgehead atoms. The second-order valence-corrected chi connectivity index (χ2v) is 5.52. The second kappa shape index (κ2) is 4.85. The molecule has 1 aromatic heterocycles. The Balaban J connectivity index is 2.70. The van der Waals surface area contributed by atoms with E-state index in [0.717, 1.165) is 18.9 Å². The molecule has 0 saturated heterocycles. The maximum absolute atomic E-state index is 11.8. The van der Waals surface area contributed by atoms with E-state index < -0.39 is 5.97 Å². The van der Waals surface area contributed by atoms with Crippen LogP contribution in [-0.2, 0) is 4.74 Å². The summed E-state index contributed by atoms with van der Waals surface area (Å²) in [4.78, 5) is 14.8. The van der Waals surface area contributed by atoms with E-state index in [9.17, 15) is 4.79 Å². The number of fused-ring (bicyclic) bond motifs is 1. The van der Waals surface area contributed by atoms with Crippen LogP contribution in [0, 0.1) is 3.57 Å². The van der Waals surface area contributed by atoms with Crippen molar-refractivity contribution in [1.29, 1.82) is 0 Å². The molecule has 2 rings (SSSR count). The lowest BCUT2D eigenvalue weighted by Crippen LogP contribution is -2.06. The molecule has 0 spiro atoms. The highest BCUT2D eigenvalue weighted by Crippen LogP contribution is 2.31. The minimum atomic E-state index is -0.398. The number of nitrogens with one attached hydrogen (secondary N) is 1. The highest BCUT2D eigenvalue weighted by Gasteiger charge is 2.19. The largest absolute Gasteiger partial charge is 0.462 e. The molecule has 0 aliphatic rings. The molecule has 1 aromatic carbocycles. The Bertz CT molecular complexity index is 595. The Labute approximate surface area is 120 Å². The molecule has 1 heterocycles. The number of hydrogen-bond acceptors (Lipinski definition) is 3. The Morgan fingerprint density at radius 3 is 2.94 bits per heavy atom. The van der Waals surface area contributed by atoms with Crippen LogP contribution >= 0.6 is 38.5 Å². The number of carbonyl (C=O) groups is 1. The summed E-state index contributed by atoms with van der Waals surface area (Å²) < 4.78 is 6.89. The fraction of sp³-hybridized carbons (Fsp3) is 0.182. The van der Waals surface area contributed by atoms with Crippen molar-refractivity contribution in [3.63, 3.8) is 0 Å². The fourth-order valence-electron chi connectivity index (χ4n) is 1.66. The highest BCUT2D eigenvalue weighted by atomic mass is 127. The van der Waals surface area contributed by atoms with E-state index in [1.165, 1.54) is 0 Å². The molecule has 3 N–H and O–H groups in total. The van der Waals surface area contributed by atoms with Crippen molar-refractivity contribution in [1.82, 2.24) is 4.98 Å². The molecule has 0 fully saturated rings. The van der Waals surface area contributed by atoms with E-state index in [1.807, 2.05) is 12.1 Å². The average molecular weight is 409 g/mol. The van der Waals surface area contributed by atoms with Gasteiger partial charge in [-0.15, -0.1) is 0 Å². The van der Waals surface area contributed by atoms with Gasteiger partial charge < -0.3 is 15.5 Å². The number of halogens is 2. The molecule has 0 aliphatic carbocycles. The van der Waals surface area contributed by atoms with E-state index in [1.54, 1.807) is 6.92 Å². The van der Waals surface area contributed by atoms with Crippen LogP contribution in [0.25, 0.3) is 10.9 Å². The third kappa shape index (κ3) is 2.28. The Hall–Kier alpha value is -0.760. The van der Waals surface area contributed by atoms with Crippen LogP contribution in [0.4, 0.5) is 5.82 Å². The van der Waals surface area contributed by atoms with Gasteiger partial charge in [-0.1, -0.05) is 15.9 Å². The van der Waals surface area contributed by atoms with E-state index >= 15 is 0 Å². The molecule has 6 heteroatoms. The number of nitrogens with two attached hydrogens (primary N) is 1. The molecular weight excluding hydrogens is 399 g/mol. The van der Waals surface area contributed by atoms with Crippen LogP contribution in [0.15, 0.2) is 16.6 Å². The average Bonchev–Trinajstić information content (AvgIpc) is 2.55. The summed E-state index contributed by atoms with van der Waals surface area (Å²) in [5.74, 6) is -0.0559. The van der Waals surface area contributed by atoms with Crippen molar-refractivity contribution in [3.05, 3.63) is 25.7 Å². The number of nitrogen functional groups attached to an aromatic ring is 1. The smallest absolute Gasteiger partial charge is 0.342 e. The molecule has 4 nitrogen and oxygen atoms in total. The van der Waals surface area contributed by atoms with Gasteiger partial charge >= 0.3 is 5.97 Å². The van der Waals surface area contributed by atoms with E-state index in [4.69, 9.17) is 10.5 Å². The van der Waals surface area contributed by atoms with Gasteiger partial charge in [-0.2, -0.15) is 0 Å². The van der Waals surface area contributed by atoms with Crippen molar-refractivity contribution in [2.45, 2.75) is 6.92 Å². The molecule has 0 atom stereocenters. The highest BCUT2D eigenvalue weighted by molar-refractivity contribution is 14.1. The van der Waals surface area contributed by atoms with Crippen molar-refractivity contribution in [3.8, 4) is 0 Å². The summed E-state index contributed by atoms with van der Waals surface area (Å²) in [5.41, 5.74) is 7.09. The molecule has 0 unspecified atom stereocenters. The van der Waals surface area contributed by atoms with Crippen molar-refractivity contribution < 1.29 is 9.53 Å². The summed E-state index contributed by atoms with van der Waals surface area (Å²) in [6.07, 6.45) is 0. The minimum absolute atomic E-state index is 0.329. The first-order chi connectivity index (χ1) is 8.04. The number of aromatic nitrogens is 1. The quantitative estimate of drug-likeness (QED) is 0.591. The first-order valence-corrected chi connectivity index (χ1v) is 6.85. The number of aromatic amines is 1. The molecule has 17 heavy (non-hydrogen) atoms. The van der Waals surface area contributed by atoms with Gasteiger partial charge in [0.1, 0.15) is 11.4 Å². The maximum atomic E-state index is 11.8. The number of rotatable bonds is 2. The summed E-state index contributed by atoms with van der Waals surface area (Å²) in [6, 6.07) is 3.81. The number of anilines is 1. The number of ether oxygens (including phenoxy) is 1. The Kier molecular flexibility index (Phi) is 3.62. The summed E-state index contributed by atoms with van der Waals surface area (Å²) >= 11 is 5.59. The van der Waals surface area contributed by atoms with Gasteiger partial charge in [0.2, 0.25) is 0 Å². The molecule has 0 saturated carbocycles. The summed E-state index contributed by atoms with van der Waals surface area (Å²) in [5, 5.41) is 0.778. The van der Waals surface area contributed by atoms with E-state index in [0.29, 0.717) is 18.0 Å². The van der Waals surface area contributed by atoms with Crippen molar-refractivity contribution in [2.24, 2.45) is 0 Å². The molecular formula is C11H10BrIN2O2. The number of benzene rings is 1. The van der Waals surface area contributed by atoms with Gasteiger partial charge in [0.05, 0.1) is 12.1 Å². The first-order valence-electron chi connectivity index (χ1n) is 4.98. The summed E-state index contributed by atoms with van der Waals surface area (Å²) in [6.45, 7) is 2.10. The van der Waals surface area contributed by atoms with Gasteiger partial charge in [0.25, 0.3) is 0 Å². The molecule has 90 valence electrons. The third-order valence-electron chi connectivity index (χ3n) is 2.33. The van der Waals surface area contributed by atoms with Gasteiger partial charge in [-0.05, 0) is 41.6 Å². The minimum Gasteiger partial charge on any atom is -0.462 e. The van der Waals surface area contributed by atoms with Crippen LogP contribution in [0.5, 0.6) is 0 Å². The Morgan fingerprint density at radius 2 is 2.29 bits per heavy atom. The lowest BCUT2D eigenvalue weighted by molar-refractivity contribution is 0.0530. The van der Waals surface area contributed by atoms with Gasteiger partial charge in [0.15, 0.2) is 0 Å². The number of carbonyl (C=O) groups excluding carboxylic acids is 1. The predicted octanol–water partition coefficient (Wildman–Crippen LogP) is 3.29. The SMILES string of the molecule is CCOC(=O)c1c(N)[nH]c2c(I)cc(Br)cc12. The zero-order valence-corrected chi connectivity index (χ0v) is 12.8. The monoisotopic (exact) mass is 408 g/mol. The van der Waals surface area contributed by atoms with Gasteiger partial charge in [0, 0.05) is 13.4 Å². The number of esters is 1. The van der Waals surface area contributed by atoms with Gasteiger partial charge in [-0.25, -0.2) is 4.79 Å². The lowest BCUT2D eigenvalue weighted by atomic mass is 10.1. The van der Waals surface area contributed by atoms with Crippen LogP contribution in [-0.4, -0.2) is 17.6 Å². The molecule has 0 aliphatic heterocycles. The van der Waals surface area contributed by atoms with Crippen LogP contribution in [0.3, 0.4) is 0 Å². The van der Waals surface area contributed by atoms with Crippen molar-refractivity contribution >= 4 is 61.2 Å². The molecule has 0 radical (unpaired) electrons. The predicted molar refractivity (Wildman–Crippen MR) is 79.1 cm³/mol. The fourth-order valence-corrected chi connectivity index (χ4v) is 3.31. The van der Waals surface area contributed by atoms with E-state index in [-0.39, 0.29) is 0 Å². The van der Waals surface area contributed by atoms with Crippen molar-refractivity contribution in [2.75, 3.05) is 12.3 Å². The van der Waals surface area contributed by atoms with Crippen LogP contribution in [0.1, 0.15) is 17.3 Å². The first kappa shape index (κ1) is 12.7. The third-order valence-corrected chi connectivity index (χ3v) is 3.64. The molecule has 2 aromatic rings. The van der Waals surface area contributed by atoms with Gasteiger partial charge in [-0.3, -0.25) is 0 Å². The lowest BCUT2D eigenvalue weighted by Gasteiger charge is -2.01. The zero-order valence-electron chi connectivity index (χ0n) is 9.01. The number of H-pyrrole nitrogens is 1. The maximum Gasteiger partial charge on any atom is 0.342 e.